The fraction of sp³-hybridized carbons (Fsp3) is 0.375. The molecule has 4 atom stereocenters. The number of hydrogen-bond acceptors (Lipinski definition) is 14. The zero-order valence-corrected chi connectivity index (χ0v) is 59.8. The minimum Gasteiger partial charge on any atom is -0.780 e. The maximum absolute atomic E-state index is 12.0. The Morgan fingerprint density at radius 3 is 1.77 bits per heavy atom. The highest BCUT2D eigenvalue weighted by Crippen LogP contribution is 2.52. The van der Waals surface area contributed by atoms with Gasteiger partial charge in [0.2, 0.25) is 22.6 Å². The van der Waals surface area contributed by atoms with Gasteiger partial charge in [-0.1, -0.05) is 37.6 Å². The number of rotatable bonds is 14. The van der Waals surface area contributed by atoms with Crippen LogP contribution in [0.25, 0.3) is 34.7 Å². The summed E-state index contributed by atoms with van der Waals surface area (Å²) in [5, 5.41) is 29.3. The summed E-state index contributed by atoms with van der Waals surface area (Å²) in [6.07, 6.45) is 8.86. The van der Waals surface area contributed by atoms with Crippen molar-refractivity contribution in [2.75, 3.05) is 86.7 Å². The van der Waals surface area contributed by atoms with E-state index in [-0.39, 0.29) is 49.0 Å². The molecule has 1 aromatic heterocycles. The van der Waals surface area contributed by atoms with Gasteiger partial charge in [-0.2, -0.15) is 13.7 Å². The number of likely N-dealkylation sites (N-methyl/N-ethyl adjacent to an activating group) is 1. The van der Waals surface area contributed by atoms with E-state index in [1.165, 1.54) is 62.4 Å². The van der Waals surface area contributed by atoms with E-state index in [0.717, 1.165) is 133 Å². The summed E-state index contributed by atoms with van der Waals surface area (Å²) in [7, 11) is -5.26. The molecule has 0 saturated carbocycles. The average Bonchev–Trinajstić information content (AvgIpc) is 1.58. The van der Waals surface area contributed by atoms with Crippen molar-refractivity contribution in [3.63, 3.8) is 0 Å². The topological polar surface area (TPSA) is 235 Å². The number of phosphoric acid groups is 1. The molecule has 0 aliphatic carbocycles. The van der Waals surface area contributed by atoms with Crippen LogP contribution >= 0.6 is 7.82 Å². The largest absolute Gasteiger partial charge is 0.780 e. The number of para-hydroxylation sites is 1. The van der Waals surface area contributed by atoms with E-state index in [0.29, 0.717) is 25.1 Å². The molecule has 0 radical (unpaired) electrons. The van der Waals surface area contributed by atoms with Crippen LogP contribution in [0, 0.1) is 6.92 Å². The second kappa shape index (κ2) is 28.1. The predicted octanol–water partition coefficient (Wildman–Crippen LogP) is 11.4. The first-order valence-corrected chi connectivity index (χ1v) is 36.8. The number of carbonyl (C=O) groups is 3. The predicted molar refractivity (Wildman–Crippen MR) is 389 cm³/mol. The Morgan fingerprint density at radius 2 is 1.16 bits per heavy atom. The molecule has 9 aliphatic heterocycles. The van der Waals surface area contributed by atoms with Gasteiger partial charge in [-0.25, -0.2) is 0 Å². The summed E-state index contributed by atoms with van der Waals surface area (Å²) in [6, 6.07) is 42.9. The first-order valence-electron chi connectivity index (χ1n) is 35.4. The van der Waals surface area contributed by atoms with Gasteiger partial charge in [0.25, 0.3) is 0 Å². The van der Waals surface area contributed by atoms with Crippen LogP contribution in [0.5, 0.6) is 23.0 Å². The molecule has 1 saturated heterocycles. The molecule has 0 bridgehead atoms. The van der Waals surface area contributed by atoms with Crippen LogP contribution in [0.2, 0.25) is 0 Å². The molecule has 7 aromatic rings. The third-order valence-electron chi connectivity index (χ3n) is 21.0. The summed E-state index contributed by atoms with van der Waals surface area (Å²) < 4.78 is 42.3. The molecule has 10 heterocycles. The number of fused-ring (bicyclic) bond motifs is 16. The van der Waals surface area contributed by atoms with Crippen molar-refractivity contribution >= 4 is 100 Å². The van der Waals surface area contributed by atoms with Gasteiger partial charge in [0, 0.05) is 158 Å². The number of phosphoric ester groups is 1. The van der Waals surface area contributed by atoms with Gasteiger partial charge < -0.3 is 63.1 Å². The summed E-state index contributed by atoms with van der Waals surface area (Å²) in [5.41, 5.74) is 18.7. The Balaban J connectivity index is 0.000000134. The van der Waals surface area contributed by atoms with Crippen LogP contribution < -0.4 is 47.8 Å². The zero-order chi connectivity index (χ0) is 71.4. The number of nitrogens with zero attached hydrogens (tertiary/aromatic N) is 7. The quantitative estimate of drug-likeness (QED) is 0.0678. The van der Waals surface area contributed by atoms with Gasteiger partial charge in [0.1, 0.15) is 55.7 Å². The van der Waals surface area contributed by atoms with E-state index in [1.54, 1.807) is 6.07 Å². The number of piperazine rings is 1. The van der Waals surface area contributed by atoms with Crippen LogP contribution in [0.4, 0.5) is 28.4 Å². The summed E-state index contributed by atoms with van der Waals surface area (Å²) in [4.78, 5) is 65.0. The molecule has 3 N–H and O–H groups in total. The van der Waals surface area contributed by atoms with Gasteiger partial charge in [0.05, 0.1) is 40.5 Å². The number of hydrogen-bond donors (Lipinski definition) is 3. The fourth-order valence-electron chi connectivity index (χ4n) is 16.4. The number of pyridine rings is 1. The molecule has 4 unspecified atom stereocenters. The Bertz CT molecular complexity index is 4690. The normalized spacial score (nSPS) is 20.4. The Morgan fingerprint density at radius 1 is 0.604 bits per heavy atom. The van der Waals surface area contributed by atoms with Crippen molar-refractivity contribution < 1.29 is 76.5 Å². The fourth-order valence-corrected chi connectivity index (χ4v) is 16.8. The highest BCUT2D eigenvalue weighted by molar-refractivity contribution is 7.43. The molecule has 0 spiro atoms. The smallest absolute Gasteiger partial charge is 0.323 e. The van der Waals surface area contributed by atoms with Crippen molar-refractivity contribution in [1.29, 1.82) is 0 Å². The highest BCUT2D eigenvalue weighted by Gasteiger charge is 2.56. The Hall–Kier alpha value is -9.59. The number of aromatic nitrogens is 1. The van der Waals surface area contributed by atoms with Crippen LogP contribution in [-0.4, -0.2) is 149 Å². The van der Waals surface area contributed by atoms with Crippen LogP contribution in [0.1, 0.15) is 120 Å². The third kappa shape index (κ3) is 13.5. The van der Waals surface area contributed by atoms with Crippen molar-refractivity contribution in [3.8, 4) is 23.0 Å². The van der Waals surface area contributed by atoms with E-state index < -0.39 is 31.1 Å². The lowest BCUT2D eigenvalue weighted by Crippen LogP contribution is -2.48. The Kier molecular flexibility index (Phi) is 19.4. The van der Waals surface area contributed by atoms with E-state index in [4.69, 9.17) is 24.4 Å². The molecule has 1 fully saturated rings. The maximum Gasteiger partial charge on any atom is 0.323 e. The number of carboxylic acids is 3. The third-order valence-corrected chi connectivity index (χ3v) is 21.5. The summed E-state index contributed by atoms with van der Waals surface area (Å²) in [5.74, 6) is -0.127. The SMILES string of the molecule is CC.CCN(CC(=O)O)c1ccc2c(c1)OC1CC[n+]3c(ccc4ccccc43)C1=C2.CCN(CC)c1ccc2c(c1)OC1CC[N+]3=C(C1=C2)C(C)(CC(=O)O)c1cc(OP(=O)([O-])[O-])ccc13.Cc1ccc2c(c1)C(C)(C)C1=[N+]2CCC2Oc3cc(N4CCN(CC(=O)O)CC4)ccc3C=C12. The van der Waals surface area contributed by atoms with Crippen LogP contribution in [0.15, 0.2) is 139 Å². The van der Waals surface area contributed by atoms with Gasteiger partial charge in [-0.05, 0) is 133 Å². The van der Waals surface area contributed by atoms with Crippen LogP contribution in [-0.2, 0) is 36.3 Å². The molecular weight excluding hydrogens is 1300 g/mol. The second-order valence-corrected chi connectivity index (χ2v) is 28.7. The standard InChI is InChI=1S/C28H31N3O3.C26H29N2O7P.C24H22N2O3.C2H6/c1-18-4-7-23-22(14-18)28(2,3)27-21-15-19-5-6-20(16-25(19)34-24(21)8-9-31(23)27)30-12-10-29(11-13-30)17-26(32)33;1-4-27(5-2)17-7-6-16-12-19-22(34-23(16)13-17)10-11-28-21-9-8-18(35-36(31,32)33)14-20(21)26(3,25(19)28)15-24(29)30;1-2-25(15-24(27)28)18-9-7-17-13-19-21-10-8-16-5-3-4-6-20(16)26(21)12-11-22(19)29-23(17)14-18;1-2/h4-7,14-16,24H,8-13,17H2,1-3H3;6-9,12-14,22H,4-5,10-11,15H2,1-3H3,(H2-,29,30,31,32,33);3-10,13-14,22H,2,11-12,15H2,1H3;1-2H3/p+1. The minimum atomic E-state index is -5.26. The van der Waals surface area contributed by atoms with E-state index >= 15 is 0 Å². The van der Waals surface area contributed by atoms with E-state index in [2.05, 4.69) is 166 Å². The monoisotopic (exact) mass is 1390 g/mol. The highest BCUT2D eigenvalue weighted by atomic mass is 31.2. The molecule has 0 amide bonds. The number of anilines is 3. The Labute approximate surface area is 589 Å². The van der Waals surface area contributed by atoms with Crippen LogP contribution in [0.3, 0.4) is 0 Å². The lowest BCUT2D eigenvalue weighted by molar-refractivity contribution is -0.678. The lowest BCUT2D eigenvalue weighted by Gasteiger charge is -2.36. The number of benzene rings is 6. The van der Waals surface area contributed by atoms with Gasteiger partial charge in [-0.3, -0.25) is 19.3 Å². The second-order valence-electron chi connectivity index (χ2n) is 27.6. The molecule has 526 valence electrons. The molecule has 20 nitrogen and oxygen atoms in total. The number of carboxylic acid groups (broad SMARTS) is 3. The summed E-state index contributed by atoms with van der Waals surface area (Å²) >= 11 is 0. The van der Waals surface area contributed by atoms with E-state index in [1.807, 2.05) is 61.8 Å². The van der Waals surface area contributed by atoms with Crippen molar-refractivity contribution in [3.05, 3.63) is 178 Å². The first kappa shape index (κ1) is 69.9. The number of ether oxygens (including phenoxy) is 3. The average molecular weight is 1390 g/mol. The molecular formula is C80H89N7O13P+. The molecule has 21 heteroatoms. The van der Waals surface area contributed by atoms with Gasteiger partial charge in [0.15, 0.2) is 31.1 Å². The lowest BCUT2D eigenvalue weighted by atomic mass is 9.72. The molecule has 6 aromatic carbocycles. The molecule has 16 rings (SSSR count). The van der Waals surface area contributed by atoms with Crippen molar-refractivity contribution in [1.82, 2.24) is 4.90 Å². The van der Waals surface area contributed by atoms with E-state index in [9.17, 15) is 33.8 Å². The van der Waals surface area contributed by atoms with Gasteiger partial charge >= 0.3 is 17.9 Å². The molecule has 9 aliphatic rings. The number of aryl methyl sites for hydroxylation is 2. The summed E-state index contributed by atoms with van der Waals surface area (Å²) in [6.45, 7) is 27.0. The maximum atomic E-state index is 12.0. The van der Waals surface area contributed by atoms with Gasteiger partial charge in [-0.15, -0.1) is 0 Å². The minimum absolute atomic E-state index is 0.0170. The molecule has 101 heavy (non-hydrogen) atoms. The zero-order valence-electron chi connectivity index (χ0n) is 58.9. The van der Waals surface area contributed by atoms with Crippen molar-refractivity contribution in [2.24, 2.45) is 0 Å². The number of aliphatic carboxylic acids is 3. The van der Waals surface area contributed by atoms with Crippen molar-refractivity contribution in [2.45, 2.75) is 124 Å². The first-order chi connectivity index (χ1) is 48.5.